The number of hydrogen-bond donors (Lipinski definition) is 2. The van der Waals surface area contributed by atoms with Crippen LogP contribution in [0.5, 0.6) is 11.5 Å². The summed E-state index contributed by atoms with van der Waals surface area (Å²) in [5.74, 6) is 0.561. The number of carbonyl (C=O) groups is 3. The molecule has 28 heavy (non-hydrogen) atoms. The number of benzene rings is 2. The molecular weight excluding hydrogens is 360 g/mol. The maximum absolute atomic E-state index is 12.4. The van der Waals surface area contributed by atoms with Crippen molar-refractivity contribution >= 4 is 29.0 Å². The highest BCUT2D eigenvalue weighted by molar-refractivity contribution is 6.02. The zero-order chi connectivity index (χ0) is 20.1. The number of ketones is 1. The predicted molar refractivity (Wildman–Crippen MR) is 105 cm³/mol. The molecule has 0 bridgehead atoms. The summed E-state index contributed by atoms with van der Waals surface area (Å²) in [6.07, 6.45) is 0.201. The maximum atomic E-state index is 12.4. The van der Waals surface area contributed by atoms with Crippen molar-refractivity contribution in [3.05, 3.63) is 48.0 Å². The molecule has 0 saturated heterocycles. The highest BCUT2D eigenvalue weighted by Gasteiger charge is 2.18. The summed E-state index contributed by atoms with van der Waals surface area (Å²) in [6.45, 7) is 3.84. The maximum Gasteiger partial charge on any atom is 0.262 e. The summed E-state index contributed by atoms with van der Waals surface area (Å²) < 4.78 is 10.8. The fraction of sp³-hybridized carbons (Fsp3) is 0.286. The van der Waals surface area contributed by atoms with Crippen LogP contribution < -0.4 is 20.1 Å². The number of nitrogens with one attached hydrogen (secondary N) is 2. The Balaban J connectivity index is 1.52. The van der Waals surface area contributed by atoms with Gasteiger partial charge in [-0.1, -0.05) is 0 Å². The van der Waals surface area contributed by atoms with Crippen molar-refractivity contribution in [3.8, 4) is 11.5 Å². The van der Waals surface area contributed by atoms with Crippen LogP contribution in [0.1, 0.15) is 37.0 Å². The van der Waals surface area contributed by atoms with E-state index in [1.54, 1.807) is 42.5 Å². The van der Waals surface area contributed by atoms with Gasteiger partial charge in [-0.15, -0.1) is 0 Å². The van der Waals surface area contributed by atoms with Crippen molar-refractivity contribution in [2.45, 2.75) is 32.8 Å². The van der Waals surface area contributed by atoms with Crippen molar-refractivity contribution in [2.24, 2.45) is 0 Å². The lowest BCUT2D eigenvalue weighted by Crippen LogP contribution is -2.25. The van der Waals surface area contributed by atoms with Gasteiger partial charge >= 0.3 is 0 Å². The normalized spacial score (nSPS) is 12.6. The molecule has 2 N–H and O–H groups in total. The number of amides is 2. The summed E-state index contributed by atoms with van der Waals surface area (Å²) in [6, 6.07) is 11.9. The minimum atomic E-state index is -0.263. The van der Waals surface area contributed by atoms with E-state index in [1.807, 2.05) is 13.8 Å². The van der Waals surface area contributed by atoms with Crippen LogP contribution in [0.2, 0.25) is 0 Å². The molecule has 2 aromatic carbocycles. The lowest BCUT2D eigenvalue weighted by Gasteiger charge is -2.18. The molecule has 7 heteroatoms. The highest BCUT2D eigenvalue weighted by Crippen LogP contribution is 2.29. The second-order valence-electron chi connectivity index (χ2n) is 6.71. The largest absolute Gasteiger partial charge is 0.491 e. The van der Waals surface area contributed by atoms with Crippen LogP contribution in [0.4, 0.5) is 11.4 Å². The molecule has 1 heterocycles. The van der Waals surface area contributed by atoms with Gasteiger partial charge in [0.15, 0.2) is 12.4 Å². The lowest BCUT2D eigenvalue weighted by atomic mass is 10.0. The zero-order valence-corrected chi connectivity index (χ0v) is 15.8. The predicted octanol–water partition coefficient (Wildman–Crippen LogP) is 3.41. The van der Waals surface area contributed by atoms with E-state index in [1.165, 1.54) is 0 Å². The highest BCUT2D eigenvalue weighted by atomic mass is 16.5. The number of fused-ring (bicyclic) bond motifs is 1. The molecular formula is C21H22N2O5. The summed E-state index contributed by atoms with van der Waals surface area (Å²) in [4.78, 5) is 35.9. The Bertz CT molecular complexity index is 890. The lowest BCUT2D eigenvalue weighted by molar-refractivity contribution is -0.118. The molecule has 2 amide bonds. The van der Waals surface area contributed by atoms with Crippen molar-refractivity contribution in [1.29, 1.82) is 0 Å². The Morgan fingerprint density at radius 2 is 1.89 bits per heavy atom. The van der Waals surface area contributed by atoms with Gasteiger partial charge in [-0.25, -0.2) is 0 Å². The summed E-state index contributed by atoms with van der Waals surface area (Å²) in [5.41, 5.74) is 1.53. The van der Waals surface area contributed by atoms with Crippen molar-refractivity contribution in [3.63, 3.8) is 0 Å². The third-order valence-corrected chi connectivity index (χ3v) is 4.02. The van der Waals surface area contributed by atoms with Crippen LogP contribution >= 0.6 is 0 Å². The van der Waals surface area contributed by atoms with Gasteiger partial charge in [-0.2, -0.15) is 0 Å². The van der Waals surface area contributed by atoms with Crippen molar-refractivity contribution in [2.75, 3.05) is 17.2 Å². The molecule has 0 aliphatic carbocycles. The van der Waals surface area contributed by atoms with Gasteiger partial charge in [-0.3, -0.25) is 14.4 Å². The molecule has 1 aliphatic heterocycles. The number of Topliss-reactive ketones (excluding diaryl/α,β-unsaturated/α-hetero) is 1. The Hall–Kier alpha value is -3.35. The van der Waals surface area contributed by atoms with Gasteiger partial charge in [0.05, 0.1) is 11.8 Å². The van der Waals surface area contributed by atoms with E-state index in [0.717, 1.165) is 5.75 Å². The SMILES string of the molecule is CC(C)Oc1ccc(NC(=O)CCC(=O)c2ccc3c(c2)NC(=O)CO3)cc1. The first-order chi connectivity index (χ1) is 13.4. The minimum Gasteiger partial charge on any atom is -0.491 e. The molecule has 0 saturated carbocycles. The third-order valence-electron chi connectivity index (χ3n) is 4.02. The van der Waals surface area contributed by atoms with Gasteiger partial charge in [-0.05, 0) is 56.3 Å². The Morgan fingerprint density at radius 3 is 2.61 bits per heavy atom. The minimum absolute atomic E-state index is 0.0367. The molecule has 3 rings (SSSR count). The van der Waals surface area contributed by atoms with Gasteiger partial charge in [0.1, 0.15) is 11.5 Å². The van der Waals surface area contributed by atoms with Crippen LogP contribution in [0, 0.1) is 0 Å². The van der Waals surface area contributed by atoms with Crippen LogP contribution in [0.15, 0.2) is 42.5 Å². The molecule has 0 atom stereocenters. The third kappa shape index (κ3) is 5.09. The van der Waals surface area contributed by atoms with E-state index in [4.69, 9.17) is 9.47 Å². The van der Waals surface area contributed by atoms with Crippen molar-refractivity contribution in [1.82, 2.24) is 0 Å². The monoisotopic (exact) mass is 382 g/mol. The fourth-order valence-electron chi connectivity index (χ4n) is 2.74. The smallest absolute Gasteiger partial charge is 0.262 e. The Morgan fingerprint density at radius 1 is 1.14 bits per heavy atom. The molecule has 0 aromatic heterocycles. The van der Waals surface area contributed by atoms with Crippen LogP contribution in [0.3, 0.4) is 0 Å². The first-order valence-corrected chi connectivity index (χ1v) is 9.07. The molecule has 0 unspecified atom stereocenters. The van der Waals surface area contributed by atoms with Crippen LogP contribution in [0.25, 0.3) is 0 Å². The number of carbonyl (C=O) groups excluding carboxylic acids is 3. The van der Waals surface area contributed by atoms with Crippen LogP contribution in [-0.2, 0) is 9.59 Å². The summed E-state index contributed by atoms with van der Waals surface area (Å²) >= 11 is 0. The van der Waals surface area contributed by atoms with Crippen molar-refractivity contribution < 1.29 is 23.9 Å². The topological polar surface area (TPSA) is 93.7 Å². The molecule has 146 valence electrons. The van der Waals surface area contributed by atoms with Crippen LogP contribution in [-0.4, -0.2) is 30.3 Å². The standard InChI is InChI=1S/C21H22N2O5/c1-13(2)28-16-6-4-15(5-7-16)22-20(25)10-8-18(24)14-3-9-19-17(11-14)23-21(26)12-27-19/h3-7,9,11,13H,8,10,12H2,1-2H3,(H,22,25)(H,23,26). The Labute approximate surface area is 163 Å². The van der Waals surface area contributed by atoms with Gasteiger partial charge in [0.2, 0.25) is 5.91 Å². The van der Waals surface area contributed by atoms with E-state index in [-0.39, 0.29) is 43.2 Å². The van der Waals surface area contributed by atoms with Gasteiger partial charge in [0, 0.05) is 24.1 Å². The second kappa shape index (κ2) is 8.56. The molecule has 1 aliphatic rings. The van der Waals surface area contributed by atoms with E-state index in [9.17, 15) is 14.4 Å². The first-order valence-electron chi connectivity index (χ1n) is 9.07. The second-order valence-corrected chi connectivity index (χ2v) is 6.71. The average molecular weight is 382 g/mol. The van der Waals surface area contributed by atoms with E-state index in [2.05, 4.69) is 10.6 Å². The van der Waals surface area contributed by atoms with E-state index < -0.39 is 0 Å². The molecule has 0 radical (unpaired) electrons. The van der Waals surface area contributed by atoms with Gasteiger partial charge in [0.25, 0.3) is 5.91 Å². The summed E-state index contributed by atoms with van der Waals surface area (Å²) in [7, 11) is 0. The number of rotatable bonds is 7. The molecule has 0 spiro atoms. The molecule has 0 fully saturated rings. The number of hydrogen-bond acceptors (Lipinski definition) is 5. The first kappa shape index (κ1) is 19.4. The van der Waals surface area contributed by atoms with Gasteiger partial charge < -0.3 is 20.1 Å². The zero-order valence-electron chi connectivity index (χ0n) is 15.8. The Kier molecular flexibility index (Phi) is 5.93. The summed E-state index contributed by atoms with van der Waals surface area (Å²) in [5, 5.41) is 5.42. The molecule has 2 aromatic rings. The van der Waals surface area contributed by atoms with E-state index in [0.29, 0.717) is 22.7 Å². The van der Waals surface area contributed by atoms with E-state index >= 15 is 0 Å². The average Bonchev–Trinajstić information content (AvgIpc) is 2.66. The molecule has 7 nitrogen and oxygen atoms in total. The fourth-order valence-corrected chi connectivity index (χ4v) is 2.74. The number of ether oxygens (including phenoxy) is 2. The quantitative estimate of drug-likeness (QED) is 0.716. The number of anilines is 2.